The third-order valence-electron chi connectivity index (χ3n) is 5.05. The Morgan fingerprint density at radius 1 is 1.09 bits per heavy atom. The van der Waals surface area contributed by atoms with Gasteiger partial charge in [-0.15, -0.1) is 0 Å². The first kappa shape index (κ1) is 21.9. The number of anilines is 1. The van der Waals surface area contributed by atoms with Crippen LogP contribution in [0, 0.1) is 5.82 Å². The Hall–Kier alpha value is -4.34. The highest BCUT2D eigenvalue weighted by atomic mass is 19.1. The Morgan fingerprint density at radius 3 is 2.48 bits per heavy atom. The lowest BCUT2D eigenvalue weighted by molar-refractivity contribution is 0.0997. The number of amides is 2. The third-order valence-corrected chi connectivity index (χ3v) is 5.05. The molecule has 4 N–H and O–H groups in total. The summed E-state index contributed by atoms with van der Waals surface area (Å²) >= 11 is 0. The van der Waals surface area contributed by atoms with E-state index in [0.29, 0.717) is 42.4 Å². The van der Waals surface area contributed by atoms with Gasteiger partial charge in [0.2, 0.25) is 5.88 Å². The number of hydrogen-bond donors (Lipinski definition) is 3. The van der Waals surface area contributed by atoms with Gasteiger partial charge in [0.15, 0.2) is 0 Å². The van der Waals surface area contributed by atoms with Crippen molar-refractivity contribution < 1.29 is 28.6 Å². The number of pyridine rings is 1. The van der Waals surface area contributed by atoms with Crippen LogP contribution in [0.2, 0.25) is 0 Å². The maximum Gasteiger partial charge on any atom is 0.404 e. The van der Waals surface area contributed by atoms with E-state index in [1.54, 1.807) is 48.7 Å². The quantitative estimate of drug-likeness (QED) is 0.498. The number of primary amides is 1. The number of nitrogens with one attached hydrogen (secondary N) is 1. The fourth-order valence-corrected chi connectivity index (χ4v) is 3.51. The molecule has 170 valence electrons. The molecule has 2 heterocycles. The van der Waals surface area contributed by atoms with E-state index in [2.05, 4.69) is 10.3 Å². The lowest BCUT2D eigenvalue weighted by Crippen LogP contribution is -2.36. The molecule has 1 atom stereocenters. The molecule has 1 aromatic heterocycles. The van der Waals surface area contributed by atoms with Gasteiger partial charge in [0, 0.05) is 19.2 Å². The normalized spacial score (nSPS) is 15.2. The third kappa shape index (κ3) is 5.48. The molecular formula is C23H21FN4O5. The number of aromatic nitrogens is 1. The molecule has 33 heavy (non-hydrogen) atoms. The standard InChI is InChI=1S/C23H21FN4O5/c24-14-2-1-3-19(10-14)32-17-4-6-18(7-5-17)33-22-20(21(25)29)11-16(12-26-22)28-9-8-15(13-28)27-23(30)31/h1-7,10-12,15,27H,8-9,13H2,(H2,25,29)(H,30,31). The van der Waals surface area contributed by atoms with Gasteiger partial charge in [-0.2, -0.15) is 0 Å². The predicted octanol–water partition coefficient (Wildman–Crippen LogP) is 3.75. The highest BCUT2D eigenvalue weighted by molar-refractivity contribution is 5.96. The van der Waals surface area contributed by atoms with Gasteiger partial charge in [-0.3, -0.25) is 4.79 Å². The maximum absolute atomic E-state index is 13.3. The van der Waals surface area contributed by atoms with Crippen LogP contribution >= 0.6 is 0 Å². The molecule has 10 heteroatoms. The summed E-state index contributed by atoms with van der Waals surface area (Å²) in [7, 11) is 0. The van der Waals surface area contributed by atoms with Gasteiger partial charge in [0.1, 0.15) is 28.6 Å². The molecule has 1 aliphatic rings. The van der Waals surface area contributed by atoms with Crippen molar-refractivity contribution in [2.45, 2.75) is 12.5 Å². The van der Waals surface area contributed by atoms with Crippen molar-refractivity contribution in [1.29, 1.82) is 0 Å². The molecule has 1 aliphatic heterocycles. The Morgan fingerprint density at radius 2 is 1.82 bits per heavy atom. The Kier molecular flexibility index (Phi) is 6.25. The second kappa shape index (κ2) is 9.43. The molecule has 1 unspecified atom stereocenters. The van der Waals surface area contributed by atoms with E-state index >= 15 is 0 Å². The first-order chi connectivity index (χ1) is 15.9. The maximum atomic E-state index is 13.3. The first-order valence-electron chi connectivity index (χ1n) is 10.1. The molecule has 0 saturated carbocycles. The van der Waals surface area contributed by atoms with E-state index in [9.17, 15) is 14.0 Å². The van der Waals surface area contributed by atoms with Crippen LogP contribution in [0.15, 0.2) is 60.8 Å². The molecule has 0 spiro atoms. The molecule has 0 aliphatic carbocycles. The van der Waals surface area contributed by atoms with Crippen molar-refractivity contribution in [3.8, 4) is 23.1 Å². The van der Waals surface area contributed by atoms with Crippen molar-refractivity contribution in [2.24, 2.45) is 5.73 Å². The summed E-state index contributed by atoms with van der Waals surface area (Å²) in [4.78, 5) is 29.0. The molecular weight excluding hydrogens is 431 g/mol. The van der Waals surface area contributed by atoms with Crippen LogP contribution in [0.3, 0.4) is 0 Å². The highest BCUT2D eigenvalue weighted by Gasteiger charge is 2.25. The molecule has 0 bridgehead atoms. The minimum atomic E-state index is -1.08. The van der Waals surface area contributed by atoms with Gasteiger partial charge >= 0.3 is 6.09 Å². The topological polar surface area (TPSA) is 127 Å². The van der Waals surface area contributed by atoms with Crippen molar-refractivity contribution in [3.63, 3.8) is 0 Å². The number of nitrogens with zero attached hydrogens (tertiary/aromatic N) is 2. The van der Waals surface area contributed by atoms with Crippen molar-refractivity contribution >= 4 is 17.7 Å². The number of halogens is 1. The smallest absolute Gasteiger partial charge is 0.404 e. The summed E-state index contributed by atoms with van der Waals surface area (Å²) in [5.41, 5.74) is 6.28. The number of carbonyl (C=O) groups is 2. The van der Waals surface area contributed by atoms with Crippen LogP contribution in [-0.2, 0) is 0 Å². The number of ether oxygens (including phenoxy) is 2. The Bertz CT molecular complexity index is 1170. The summed E-state index contributed by atoms with van der Waals surface area (Å²) < 4.78 is 24.7. The summed E-state index contributed by atoms with van der Waals surface area (Å²) in [6, 6.07) is 13.7. The summed E-state index contributed by atoms with van der Waals surface area (Å²) in [6.45, 7) is 1.07. The number of carbonyl (C=O) groups excluding carboxylic acids is 1. The average molecular weight is 452 g/mol. The van der Waals surface area contributed by atoms with Crippen LogP contribution in [0.25, 0.3) is 0 Å². The minimum Gasteiger partial charge on any atom is -0.465 e. The van der Waals surface area contributed by atoms with Gasteiger partial charge < -0.3 is 30.5 Å². The zero-order chi connectivity index (χ0) is 23.4. The molecule has 0 radical (unpaired) electrons. The molecule has 1 saturated heterocycles. The number of hydrogen-bond acceptors (Lipinski definition) is 6. The van der Waals surface area contributed by atoms with E-state index in [1.807, 2.05) is 4.90 Å². The second-order valence-electron chi connectivity index (χ2n) is 7.42. The fraction of sp³-hybridized carbons (Fsp3) is 0.174. The fourth-order valence-electron chi connectivity index (χ4n) is 3.51. The SMILES string of the molecule is NC(=O)c1cc(N2CCC(NC(=O)O)C2)cnc1Oc1ccc(Oc2cccc(F)c2)cc1. The molecule has 9 nitrogen and oxygen atoms in total. The van der Waals surface area contributed by atoms with Crippen molar-refractivity contribution in [2.75, 3.05) is 18.0 Å². The molecule has 1 fully saturated rings. The van der Waals surface area contributed by atoms with Gasteiger partial charge in [-0.05, 0) is 48.9 Å². The largest absolute Gasteiger partial charge is 0.465 e. The Labute approximate surface area is 188 Å². The minimum absolute atomic E-state index is 0.0458. The van der Waals surface area contributed by atoms with Crippen LogP contribution in [0.5, 0.6) is 23.1 Å². The van der Waals surface area contributed by atoms with Gasteiger partial charge in [0.05, 0.1) is 17.9 Å². The molecule has 4 rings (SSSR count). The molecule has 2 aromatic carbocycles. The zero-order valence-electron chi connectivity index (χ0n) is 17.4. The lowest BCUT2D eigenvalue weighted by atomic mass is 10.2. The Balaban J connectivity index is 1.46. The van der Waals surface area contributed by atoms with Crippen LogP contribution in [-0.4, -0.2) is 41.2 Å². The first-order valence-corrected chi connectivity index (χ1v) is 10.1. The van der Waals surface area contributed by atoms with E-state index in [0.717, 1.165) is 0 Å². The van der Waals surface area contributed by atoms with Crippen molar-refractivity contribution in [3.05, 3.63) is 72.2 Å². The summed E-state index contributed by atoms with van der Waals surface area (Å²) in [5.74, 6) is 0.179. The summed E-state index contributed by atoms with van der Waals surface area (Å²) in [5, 5.41) is 11.3. The molecule has 2 amide bonds. The van der Waals surface area contributed by atoms with Crippen LogP contribution in [0.4, 0.5) is 14.9 Å². The number of nitrogens with two attached hydrogens (primary N) is 1. The number of rotatable bonds is 7. The lowest BCUT2D eigenvalue weighted by Gasteiger charge is -2.19. The van der Waals surface area contributed by atoms with Gasteiger partial charge in [-0.25, -0.2) is 14.2 Å². The predicted molar refractivity (Wildman–Crippen MR) is 118 cm³/mol. The van der Waals surface area contributed by atoms with E-state index < -0.39 is 17.8 Å². The number of benzene rings is 2. The monoisotopic (exact) mass is 452 g/mol. The second-order valence-corrected chi connectivity index (χ2v) is 7.42. The van der Waals surface area contributed by atoms with Gasteiger partial charge in [-0.1, -0.05) is 6.07 Å². The van der Waals surface area contributed by atoms with E-state index in [-0.39, 0.29) is 17.5 Å². The summed E-state index contributed by atoms with van der Waals surface area (Å²) in [6.07, 6.45) is 1.11. The molecule has 3 aromatic rings. The van der Waals surface area contributed by atoms with Gasteiger partial charge in [0.25, 0.3) is 5.91 Å². The zero-order valence-corrected chi connectivity index (χ0v) is 17.4. The number of carboxylic acid groups (broad SMARTS) is 1. The van der Waals surface area contributed by atoms with Crippen LogP contribution in [0.1, 0.15) is 16.8 Å². The van der Waals surface area contributed by atoms with Crippen molar-refractivity contribution in [1.82, 2.24) is 10.3 Å². The average Bonchev–Trinajstić information content (AvgIpc) is 3.23. The van der Waals surface area contributed by atoms with E-state index in [4.69, 9.17) is 20.3 Å². The van der Waals surface area contributed by atoms with Crippen LogP contribution < -0.4 is 25.4 Å². The highest BCUT2D eigenvalue weighted by Crippen LogP contribution is 2.30. The van der Waals surface area contributed by atoms with E-state index in [1.165, 1.54) is 12.1 Å².